The number of hydrogen-bond acceptors (Lipinski definition) is 4. The van der Waals surface area contributed by atoms with Crippen LogP contribution >= 0.6 is 0 Å². The molecule has 0 spiro atoms. The van der Waals surface area contributed by atoms with Crippen LogP contribution in [-0.4, -0.2) is 60.0 Å². The third-order valence-corrected chi connectivity index (χ3v) is 4.32. The highest BCUT2D eigenvalue weighted by Crippen LogP contribution is 2.22. The predicted octanol–water partition coefficient (Wildman–Crippen LogP) is 1.43. The Hall–Kier alpha value is -1.62. The summed E-state index contributed by atoms with van der Waals surface area (Å²) < 4.78 is 0. The molecule has 2 aliphatic heterocycles. The van der Waals surface area contributed by atoms with Crippen molar-refractivity contribution in [1.29, 1.82) is 0 Å². The van der Waals surface area contributed by atoms with Crippen LogP contribution in [0.25, 0.3) is 0 Å². The summed E-state index contributed by atoms with van der Waals surface area (Å²) in [7, 11) is 1.82. The second kappa shape index (κ2) is 5.79. The van der Waals surface area contributed by atoms with Gasteiger partial charge in [0, 0.05) is 32.7 Å². The molecule has 1 N–H and O–H groups in total. The Morgan fingerprint density at radius 1 is 1.30 bits per heavy atom. The second-order valence-corrected chi connectivity index (χ2v) is 5.59. The van der Waals surface area contributed by atoms with Gasteiger partial charge in [0.1, 0.15) is 11.5 Å². The standard InChI is InChI=1S/C15H22N4O/c1-16-14-7-2-6-13(17-14)15(20)19-10-4-9-18-8-3-5-12(18)11-19/h2,6-7,12H,3-5,8-11H2,1H3,(H,16,17). The molecular weight excluding hydrogens is 252 g/mol. The summed E-state index contributed by atoms with van der Waals surface area (Å²) >= 11 is 0. The third kappa shape index (κ3) is 2.63. The fourth-order valence-electron chi connectivity index (χ4n) is 3.25. The Balaban J connectivity index is 1.75. The van der Waals surface area contributed by atoms with Crippen molar-refractivity contribution in [3.63, 3.8) is 0 Å². The SMILES string of the molecule is CNc1cccc(C(=O)N2CCCN3CCCC3C2)n1. The lowest BCUT2D eigenvalue weighted by Gasteiger charge is -2.25. The smallest absolute Gasteiger partial charge is 0.272 e. The van der Waals surface area contributed by atoms with Gasteiger partial charge in [0.15, 0.2) is 0 Å². The third-order valence-electron chi connectivity index (χ3n) is 4.32. The van der Waals surface area contributed by atoms with E-state index in [2.05, 4.69) is 15.2 Å². The molecule has 2 fully saturated rings. The molecule has 0 saturated carbocycles. The van der Waals surface area contributed by atoms with Crippen LogP contribution in [0, 0.1) is 0 Å². The Morgan fingerprint density at radius 3 is 3.00 bits per heavy atom. The van der Waals surface area contributed by atoms with E-state index in [0.717, 1.165) is 31.9 Å². The van der Waals surface area contributed by atoms with Crippen LogP contribution in [0.5, 0.6) is 0 Å². The zero-order valence-corrected chi connectivity index (χ0v) is 12.0. The normalized spacial score (nSPS) is 23.2. The van der Waals surface area contributed by atoms with E-state index in [0.29, 0.717) is 11.7 Å². The molecule has 1 aromatic rings. The number of pyridine rings is 1. The number of anilines is 1. The van der Waals surface area contributed by atoms with Gasteiger partial charge in [-0.1, -0.05) is 6.07 Å². The molecule has 1 unspecified atom stereocenters. The first-order chi connectivity index (χ1) is 9.78. The number of nitrogens with one attached hydrogen (secondary N) is 1. The van der Waals surface area contributed by atoms with Gasteiger partial charge in [-0.3, -0.25) is 9.69 Å². The highest BCUT2D eigenvalue weighted by molar-refractivity contribution is 5.92. The van der Waals surface area contributed by atoms with Crippen LogP contribution < -0.4 is 5.32 Å². The number of hydrogen-bond donors (Lipinski definition) is 1. The van der Waals surface area contributed by atoms with E-state index in [9.17, 15) is 4.79 Å². The van der Waals surface area contributed by atoms with Crippen molar-refractivity contribution in [3.05, 3.63) is 23.9 Å². The zero-order chi connectivity index (χ0) is 13.9. The monoisotopic (exact) mass is 274 g/mol. The minimum Gasteiger partial charge on any atom is -0.373 e. The summed E-state index contributed by atoms with van der Waals surface area (Å²) in [6, 6.07) is 6.11. The molecule has 0 aliphatic carbocycles. The van der Waals surface area contributed by atoms with E-state index in [-0.39, 0.29) is 5.91 Å². The molecule has 1 amide bonds. The minimum atomic E-state index is 0.0656. The Morgan fingerprint density at radius 2 is 2.15 bits per heavy atom. The topological polar surface area (TPSA) is 48.5 Å². The largest absolute Gasteiger partial charge is 0.373 e. The maximum absolute atomic E-state index is 12.6. The van der Waals surface area contributed by atoms with Gasteiger partial charge in [0.05, 0.1) is 0 Å². The van der Waals surface area contributed by atoms with E-state index >= 15 is 0 Å². The molecule has 0 aromatic carbocycles. The summed E-state index contributed by atoms with van der Waals surface area (Å²) in [5.74, 6) is 0.809. The Kier molecular flexibility index (Phi) is 3.87. The summed E-state index contributed by atoms with van der Waals surface area (Å²) in [5.41, 5.74) is 0.545. The maximum atomic E-state index is 12.6. The summed E-state index contributed by atoms with van der Waals surface area (Å²) in [6.45, 7) is 4.01. The van der Waals surface area contributed by atoms with Gasteiger partial charge in [-0.05, 0) is 37.9 Å². The van der Waals surface area contributed by atoms with Gasteiger partial charge < -0.3 is 10.2 Å². The fraction of sp³-hybridized carbons (Fsp3) is 0.600. The quantitative estimate of drug-likeness (QED) is 0.886. The fourth-order valence-corrected chi connectivity index (χ4v) is 3.25. The summed E-state index contributed by atoms with van der Waals surface area (Å²) in [6.07, 6.45) is 3.54. The Bertz CT molecular complexity index is 491. The van der Waals surface area contributed by atoms with Crippen LogP contribution in [0.4, 0.5) is 5.82 Å². The van der Waals surface area contributed by atoms with Gasteiger partial charge in [0.25, 0.3) is 5.91 Å². The molecule has 3 rings (SSSR count). The van der Waals surface area contributed by atoms with E-state index in [1.54, 1.807) is 6.07 Å². The highest BCUT2D eigenvalue weighted by Gasteiger charge is 2.31. The van der Waals surface area contributed by atoms with Gasteiger partial charge in [-0.25, -0.2) is 4.98 Å². The van der Waals surface area contributed by atoms with Gasteiger partial charge in [-0.15, -0.1) is 0 Å². The molecule has 0 radical (unpaired) electrons. The lowest BCUT2D eigenvalue weighted by atomic mass is 10.2. The molecule has 1 aromatic heterocycles. The second-order valence-electron chi connectivity index (χ2n) is 5.59. The predicted molar refractivity (Wildman–Crippen MR) is 78.9 cm³/mol. The van der Waals surface area contributed by atoms with Crippen LogP contribution in [0.3, 0.4) is 0 Å². The molecule has 1 atom stereocenters. The number of carbonyl (C=O) groups excluding carboxylic acids is 1. The van der Waals surface area contributed by atoms with Gasteiger partial charge in [0.2, 0.25) is 0 Å². The van der Waals surface area contributed by atoms with Crippen molar-refractivity contribution in [2.75, 3.05) is 38.5 Å². The molecule has 20 heavy (non-hydrogen) atoms. The van der Waals surface area contributed by atoms with Crippen LogP contribution in [0.1, 0.15) is 29.8 Å². The summed E-state index contributed by atoms with van der Waals surface area (Å²) in [5, 5.41) is 2.98. The summed E-state index contributed by atoms with van der Waals surface area (Å²) in [4.78, 5) is 21.5. The van der Waals surface area contributed by atoms with Crippen LogP contribution in [-0.2, 0) is 0 Å². The van der Waals surface area contributed by atoms with Gasteiger partial charge >= 0.3 is 0 Å². The van der Waals surface area contributed by atoms with Gasteiger partial charge in [-0.2, -0.15) is 0 Å². The Labute approximate surface area is 120 Å². The number of nitrogens with zero attached hydrogens (tertiary/aromatic N) is 3. The minimum absolute atomic E-state index is 0.0656. The van der Waals surface area contributed by atoms with E-state index in [1.807, 2.05) is 24.1 Å². The molecule has 108 valence electrons. The number of carbonyl (C=O) groups is 1. The number of aromatic nitrogens is 1. The average Bonchev–Trinajstić information content (AvgIpc) is 2.83. The number of amides is 1. The molecular formula is C15H22N4O. The first-order valence-electron chi connectivity index (χ1n) is 7.46. The first kappa shape index (κ1) is 13.4. The van der Waals surface area contributed by atoms with Crippen LogP contribution in [0.2, 0.25) is 0 Å². The van der Waals surface area contributed by atoms with Crippen molar-refractivity contribution >= 4 is 11.7 Å². The zero-order valence-electron chi connectivity index (χ0n) is 12.0. The van der Waals surface area contributed by atoms with E-state index in [4.69, 9.17) is 0 Å². The highest BCUT2D eigenvalue weighted by atomic mass is 16.2. The molecule has 2 saturated heterocycles. The molecule has 5 heteroatoms. The van der Waals surface area contributed by atoms with Crippen molar-refractivity contribution in [2.45, 2.75) is 25.3 Å². The number of fused-ring (bicyclic) bond motifs is 1. The average molecular weight is 274 g/mol. The van der Waals surface area contributed by atoms with Crippen molar-refractivity contribution in [2.24, 2.45) is 0 Å². The van der Waals surface area contributed by atoms with E-state index in [1.165, 1.54) is 19.4 Å². The first-order valence-corrected chi connectivity index (χ1v) is 7.46. The molecule has 3 heterocycles. The van der Waals surface area contributed by atoms with Crippen molar-refractivity contribution in [3.8, 4) is 0 Å². The molecule has 2 aliphatic rings. The van der Waals surface area contributed by atoms with E-state index < -0.39 is 0 Å². The lowest BCUT2D eigenvalue weighted by Crippen LogP contribution is -2.39. The van der Waals surface area contributed by atoms with Crippen molar-refractivity contribution < 1.29 is 4.79 Å². The molecule has 5 nitrogen and oxygen atoms in total. The lowest BCUT2D eigenvalue weighted by molar-refractivity contribution is 0.0737. The number of rotatable bonds is 2. The van der Waals surface area contributed by atoms with Crippen LogP contribution in [0.15, 0.2) is 18.2 Å². The van der Waals surface area contributed by atoms with Crippen molar-refractivity contribution in [1.82, 2.24) is 14.8 Å². The maximum Gasteiger partial charge on any atom is 0.272 e. The molecule has 0 bridgehead atoms.